The van der Waals surface area contributed by atoms with E-state index >= 15 is 0 Å². The molecule has 0 aromatic heterocycles. The molecule has 0 unspecified atom stereocenters. The molecule has 0 aliphatic carbocycles. The Hall–Kier alpha value is -3.72. The molecule has 1 saturated heterocycles. The maximum atomic E-state index is 13.2. The second-order valence-corrected chi connectivity index (χ2v) is 10.5. The summed E-state index contributed by atoms with van der Waals surface area (Å²) < 4.78 is 16.0. The third-order valence-corrected chi connectivity index (χ3v) is 6.08. The van der Waals surface area contributed by atoms with Crippen LogP contribution in [0.4, 0.5) is 0 Å². The first-order valence-electron chi connectivity index (χ1n) is 13.3. The summed E-state index contributed by atoms with van der Waals surface area (Å²) in [5.74, 6) is -2.07. The van der Waals surface area contributed by atoms with E-state index in [-0.39, 0.29) is 25.0 Å². The van der Waals surface area contributed by atoms with Crippen LogP contribution in [0.15, 0.2) is 60.7 Å². The lowest BCUT2D eigenvalue weighted by molar-refractivity contribution is -0.150. The van der Waals surface area contributed by atoms with E-state index in [9.17, 15) is 19.2 Å². The lowest BCUT2D eigenvalue weighted by atomic mass is 10.0. The quantitative estimate of drug-likeness (QED) is 0.279. The number of esters is 2. The van der Waals surface area contributed by atoms with Crippen molar-refractivity contribution in [3.63, 3.8) is 0 Å². The molecule has 2 amide bonds. The normalized spacial score (nSPS) is 17.7. The molecule has 3 rings (SSSR count). The fourth-order valence-electron chi connectivity index (χ4n) is 4.05. The van der Waals surface area contributed by atoms with Crippen LogP contribution in [-0.2, 0) is 46.6 Å². The Balaban J connectivity index is 1.56. The molecule has 2 aromatic rings. The molecular formula is C30H38N2O7. The first kappa shape index (κ1) is 29.8. The van der Waals surface area contributed by atoms with Gasteiger partial charge in [0.2, 0.25) is 5.91 Å². The SMILES string of the molecule is CC(C)C[C@H](NC(=O)[C@H]1O[C@@H]1C(=O)OCc1ccccc1)C(=O)N[C@@H](CC(C)C)C(=O)OCc1ccccc1. The van der Waals surface area contributed by atoms with Crippen LogP contribution in [0.2, 0.25) is 0 Å². The van der Waals surface area contributed by atoms with E-state index in [1.54, 1.807) is 0 Å². The average molecular weight is 539 g/mol. The predicted octanol–water partition coefficient (Wildman–Crippen LogP) is 3.30. The molecular weight excluding hydrogens is 500 g/mol. The van der Waals surface area contributed by atoms with Crippen molar-refractivity contribution in [2.45, 2.75) is 78.0 Å². The second kappa shape index (κ2) is 14.4. The summed E-state index contributed by atoms with van der Waals surface area (Å²) in [7, 11) is 0. The van der Waals surface area contributed by atoms with Gasteiger partial charge in [-0.2, -0.15) is 0 Å². The topological polar surface area (TPSA) is 123 Å². The van der Waals surface area contributed by atoms with Crippen molar-refractivity contribution in [1.29, 1.82) is 0 Å². The molecule has 9 nitrogen and oxygen atoms in total. The molecule has 210 valence electrons. The van der Waals surface area contributed by atoms with Gasteiger partial charge in [0, 0.05) is 0 Å². The summed E-state index contributed by atoms with van der Waals surface area (Å²) in [6.07, 6.45) is -1.33. The summed E-state index contributed by atoms with van der Waals surface area (Å²) >= 11 is 0. The van der Waals surface area contributed by atoms with Gasteiger partial charge in [-0.3, -0.25) is 9.59 Å². The van der Waals surface area contributed by atoms with Gasteiger partial charge in [-0.05, 0) is 35.8 Å². The van der Waals surface area contributed by atoms with Crippen molar-refractivity contribution >= 4 is 23.8 Å². The number of rotatable bonds is 14. The highest BCUT2D eigenvalue weighted by molar-refractivity contribution is 5.96. The van der Waals surface area contributed by atoms with Gasteiger partial charge in [0.1, 0.15) is 25.3 Å². The minimum atomic E-state index is -1.03. The monoisotopic (exact) mass is 538 g/mol. The van der Waals surface area contributed by atoms with Gasteiger partial charge in [-0.15, -0.1) is 0 Å². The Morgan fingerprint density at radius 2 is 1.23 bits per heavy atom. The Morgan fingerprint density at radius 1 is 0.718 bits per heavy atom. The fraction of sp³-hybridized carbons (Fsp3) is 0.467. The predicted molar refractivity (Wildman–Crippen MR) is 144 cm³/mol. The van der Waals surface area contributed by atoms with Crippen LogP contribution >= 0.6 is 0 Å². The van der Waals surface area contributed by atoms with E-state index < -0.39 is 48.0 Å². The van der Waals surface area contributed by atoms with Gasteiger partial charge < -0.3 is 24.8 Å². The molecule has 1 heterocycles. The van der Waals surface area contributed by atoms with Gasteiger partial charge in [0.15, 0.2) is 12.2 Å². The first-order valence-corrected chi connectivity index (χ1v) is 13.3. The lowest BCUT2D eigenvalue weighted by Gasteiger charge is -2.24. The highest BCUT2D eigenvalue weighted by atomic mass is 16.6. The largest absolute Gasteiger partial charge is 0.459 e. The van der Waals surface area contributed by atoms with Gasteiger partial charge in [-0.1, -0.05) is 88.4 Å². The fourth-order valence-corrected chi connectivity index (χ4v) is 4.05. The first-order chi connectivity index (χ1) is 18.6. The van der Waals surface area contributed by atoms with Crippen molar-refractivity contribution < 1.29 is 33.4 Å². The zero-order valence-corrected chi connectivity index (χ0v) is 22.9. The number of ether oxygens (including phenoxy) is 3. The van der Waals surface area contributed by atoms with Crippen LogP contribution in [-0.4, -0.2) is 48.0 Å². The van der Waals surface area contributed by atoms with Crippen LogP contribution in [0.25, 0.3) is 0 Å². The zero-order chi connectivity index (χ0) is 28.4. The third-order valence-electron chi connectivity index (χ3n) is 6.08. The summed E-state index contributed by atoms with van der Waals surface area (Å²) in [6.45, 7) is 7.89. The van der Waals surface area contributed by atoms with Crippen LogP contribution in [0, 0.1) is 11.8 Å². The van der Waals surface area contributed by atoms with Gasteiger partial charge in [0.05, 0.1) is 0 Å². The Bertz CT molecular complexity index is 1100. The van der Waals surface area contributed by atoms with Gasteiger partial charge in [-0.25, -0.2) is 9.59 Å². The summed E-state index contributed by atoms with van der Waals surface area (Å²) in [5, 5.41) is 5.45. The standard InChI is InChI=1S/C30H38N2O7/c1-19(2)15-23(31-28(34)25-26(39-25)30(36)38-18-22-13-9-6-10-14-22)27(33)32-24(16-20(3)4)29(35)37-17-21-11-7-5-8-12-21/h5-14,19-20,23-26H,15-18H2,1-4H3,(H,31,34)(H,32,33)/t23-,24-,25-,26-/m0/s1. The average Bonchev–Trinajstić information content (AvgIpc) is 3.72. The van der Waals surface area contributed by atoms with E-state index in [2.05, 4.69) is 10.6 Å². The summed E-state index contributed by atoms with van der Waals surface area (Å²) in [6, 6.07) is 16.7. The Kier molecular flexibility index (Phi) is 11.0. The van der Waals surface area contributed by atoms with Crippen LogP contribution in [0.3, 0.4) is 0 Å². The summed E-state index contributed by atoms with van der Waals surface area (Å²) in [5.41, 5.74) is 1.66. The van der Waals surface area contributed by atoms with E-state index in [4.69, 9.17) is 14.2 Å². The highest BCUT2D eigenvalue weighted by Gasteiger charge is 2.52. The molecule has 1 aliphatic rings. The van der Waals surface area contributed by atoms with Crippen molar-refractivity contribution in [2.75, 3.05) is 0 Å². The molecule has 2 aromatic carbocycles. The van der Waals surface area contributed by atoms with Crippen LogP contribution < -0.4 is 10.6 Å². The molecule has 0 saturated carbocycles. The molecule has 1 fully saturated rings. The van der Waals surface area contributed by atoms with Crippen molar-refractivity contribution in [3.8, 4) is 0 Å². The molecule has 4 atom stereocenters. The molecule has 2 N–H and O–H groups in total. The number of epoxide rings is 1. The van der Waals surface area contributed by atoms with Gasteiger partial charge in [0.25, 0.3) is 5.91 Å². The van der Waals surface area contributed by atoms with Crippen LogP contribution in [0.5, 0.6) is 0 Å². The molecule has 39 heavy (non-hydrogen) atoms. The molecule has 0 radical (unpaired) electrons. The number of amides is 2. The molecule has 0 spiro atoms. The highest BCUT2D eigenvalue weighted by Crippen LogP contribution is 2.24. The maximum Gasteiger partial charge on any atom is 0.338 e. The van der Waals surface area contributed by atoms with Crippen molar-refractivity contribution in [1.82, 2.24) is 10.6 Å². The number of hydrogen-bond acceptors (Lipinski definition) is 7. The third kappa shape index (κ3) is 9.83. The van der Waals surface area contributed by atoms with Crippen LogP contribution in [0.1, 0.15) is 51.7 Å². The molecule has 1 aliphatic heterocycles. The minimum Gasteiger partial charge on any atom is -0.459 e. The lowest BCUT2D eigenvalue weighted by Crippen LogP contribution is -2.53. The van der Waals surface area contributed by atoms with E-state index in [1.165, 1.54) is 0 Å². The molecule has 9 heteroatoms. The number of benzene rings is 2. The minimum absolute atomic E-state index is 0.0707. The Labute approximate surface area is 229 Å². The maximum absolute atomic E-state index is 13.2. The Morgan fingerprint density at radius 3 is 1.77 bits per heavy atom. The smallest absolute Gasteiger partial charge is 0.338 e. The summed E-state index contributed by atoms with van der Waals surface area (Å²) in [4.78, 5) is 51.2. The van der Waals surface area contributed by atoms with E-state index in [1.807, 2.05) is 88.4 Å². The number of nitrogens with one attached hydrogen (secondary N) is 2. The van der Waals surface area contributed by atoms with E-state index in [0.29, 0.717) is 12.8 Å². The van der Waals surface area contributed by atoms with Crippen molar-refractivity contribution in [3.05, 3.63) is 71.8 Å². The van der Waals surface area contributed by atoms with Crippen molar-refractivity contribution in [2.24, 2.45) is 11.8 Å². The van der Waals surface area contributed by atoms with Gasteiger partial charge >= 0.3 is 11.9 Å². The second-order valence-electron chi connectivity index (χ2n) is 10.5. The molecule has 0 bridgehead atoms. The number of carbonyl (C=O) groups excluding carboxylic acids is 4. The zero-order valence-electron chi connectivity index (χ0n) is 22.9. The number of hydrogen-bond donors (Lipinski definition) is 2. The number of carbonyl (C=O) groups is 4. The van der Waals surface area contributed by atoms with E-state index in [0.717, 1.165) is 11.1 Å².